The molecule has 1 N–H and O–H groups in total. The van der Waals surface area contributed by atoms with Crippen molar-refractivity contribution >= 4 is 11.6 Å². The van der Waals surface area contributed by atoms with Gasteiger partial charge in [0.05, 0.1) is 17.9 Å². The highest BCUT2D eigenvalue weighted by Crippen LogP contribution is 2.29. The lowest BCUT2D eigenvalue weighted by molar-refractivity contribution is -0.137. The number of amides is 1. The van der Waals surface area contributed by atoms with Crippen LogP contribution in [-0.4, -0.2) is 12.5 Å². The maximum absolute atomic E-state index is 12.5. The normalized spacial score (nSPS) is 11.1. The van der Waals surface area contributed by atoms with Crippen LogP contribution in [-0.2, 0) is 6.18 Å². The molecule has 0 radical (unpaired) electrons. The summed E-state index contributed by atoms with van der Waals surface area (Å²) in [5.41, 5.74) is -0.188. The lowest BCUT2D eigenvalue weighted by atomic mass is 10.1. The predicted molar refractivity (Wildman–Crippen MR) is 77.0 cm³/mol. The van der Waals surface area contributed by atoms with Crippen molar-refractivity contribution in [2.45, 2.75) is 13.1 Å². The third-order valence-electron chi connectivity index (χ3n) is 2.91. The number of ether oxygens (including phenoxy) is 1. The molecule has 0 spiro atoms. The molecule has 2 aromatic rings. The molecule has 0 aliphatic rings. The summed E-state index contributed by atoms with van der Waals surface area (Å²) < 4.78 is 42.8. The number of benzene rings is 2. The quantitative estimate of drug-likeness (QED) is 0.911. The average molecular weight is 309 g/mol. The van der Waals surface area contributed by atoms with Crippen molar-refractivity contribution < 1.29 is 22.7 Å². The summed E-state index contributed by atoms with van der Waals surface area (Å²) in [5, 5.41) is 2.62. The SMILES string of the molecule is CCOc1ccccc1NC(=O)c1ccc(C(F)(F)F)cc1. The van der Waals surface area contributed by atoms with E-state index in [1.165, 1.54) is 0 Å². The maximum Gasteiger partial charge on any atom is 0.416 e. The molecule has 0 aromatic heterocycles. The lowest BCUT2D eigenvalue weighted by Gasteiger charge is -2.12. The van der Waals surface area contributed by atoms with E-state index < -0.39 is 17.6 Å². The molecule has 2 rings (SSSR count). The fourth-order valence-electron chi connectivity index (χ4n) is 1.86. The van der Waals surface area contributed by atoms with Gasteiger partial charge in [-0.25, -0.2) is 0 Å². The minimum atomic E-state index is -4.42. The van der Waals surface area contributed by atoms with Gasteiger partial charge in [-0.05, 0) is 43.3 Å². The fraction of sp³-hybridized carbons (Fsp3) is 0.188. The van der Waals surface area contributed by atoms with Crippen LogP contribution in [0.4, 0.5) is 18.9 Å². The molecule has 0 aliphatic carbocycles. The zero-order chi connectivity index (χ0) is 16.2. The van der Waals surface area contributed by atoms with Crippen molar-refractivity contribution in [1.82, 2.24) is 0 Å². The van der Waals surface area contributed by atoms with Gasteiger partial charge < -0.3 is 10.1 Å². The van der Waals surface area contributed by atoms with E-state index in [-0.39, 0.29) is 5.56 Å². The first-order chi connectivity index (χ1) is 10.4. The van der Waals surface area contributed by atoms with Crippen LogP contribution in [0.25, 0.3) is 0 Å². The summed E-state index contributed by atoms with van der Waals surface area (Å²) in [6.45, 7) is 2.25. The lowest BCUT2D eigenvalue weighted by Crippen LogP contribution is -2.13. The molecule has 0 aliphatic heterocycles. The molecule has 2 aromatic carbocycles. The van der Waals surface area contributed by atoms with Crippen molar-refractivity contribution in [3.63, 3.8) is 0 Å². The van der Waals surface area contributed by atoms with Gasteiger partial charge in [0.15, 0.2) is 0 Å². The Kier molecular flexibility index (Phi) is 4.70. The Morgan fingerprint density at radius 1 is 1.09 bits per heavy atom. The monoisotopic (exact) mass is 309 g/mol. The minimum Gasteiger partial charge on any atom is -0.492 e. The van der Waals surface area contributed by atoms with Crippen molar-refractivity contribution in [3.8, 4) is 5.75 Å². The molecule has 1 amide bonds. The molecular weight excluding hydrogens is 295 g/mol. The van der Waals surface area contributed by atoms with Crippen LogP contribution in [0.2, 0.25) is 0 Å². The summed E-state index contributed by atoms with van der Waals surface area (Å²) in [6, 6.07) is 10.9. The van der Waals surface area contributed by atoms with Crippen molar-refractivity contribution in [2.75, 3.05) is 11.9 Å². The molecule has 6 heteroatoms. The van der Waals surface area contributed by atoms with E-state index in [2.05, 4.69) is 5.32 Å². The summed E-state index contributed by atoms with van der Waals surface area (Å²) >= 11 is 0. The van der Waals surface area contributed by atoms with Gasteiger partial charge in [0.25, 0.3) is 5.91 Å². The second-order valence-electron chi connectivity index (χ2n) is 4.46. The Morgan fingerprint density at radius 3 is 2.32 bits per heavy atom. The zero-order valence-corrected chi connectivity index (χ0v) is 11.8. The number of hydrogen-bond donors (Lipinski definition) is 1. The predicted octanol–water partition coefficient (Wildman–Crippen LogP) is 4.36. The minimum absolute atomic E-state index is 0.138. The van der Waals surface area contributed by atoms with E-state index in [1.807, 2.05) is 6.92 Å². The van der Waals surface area contributed by atoms with Crippen LogP contribution in [0, 0.1) is 0 Å². The van der Waals surface area contributed by atoms with Crippen LogP contribution in [0.3, 0.4) is 0 Å². The second kappa shape index (κ2) is 6.51. The van der Waals surface area contributed by atoms with E-state index in [0.29, 0.717) is 18.0 Å². The topological polar surface area (TPSA) is 38.3 Å². The third kappa shape index (κ3) is 3.78. The van der Waals surface area contributed by atoms with E-state index in [4.69, 9.17) is 4.74 Å². The van der Waals surface area contributed by atoms with Gasteiger partial charge in [0.2, 0.25) is 0 Å². The first-order valence-electron chi connectivity index (χ1n) is 6.62. The molecule has 22 heavy (non-hydrogen) atoms. The van der Waals surface area contributed by atoms with Gasteiger partial charge in [-0.2, -0.15) is 13.2 Å². The molecule has 0 fully saturated rings. The number of nitrogens with one attached hydrogen (secondary N) is 1. The van der Waals surface area contributed by atoms with Crippen molar-refractivity contribution in [2.24, 2.45) is 0 Å². The van der Waals surface area contributed by atoms with Gasteiger partial charge >= 0.3 is 6.18 Å². The van der Waals surface area contributed by atoms with E-state index in [9.17, 15) is 18.0 Å². The summed E-state index contributed by atoms with van der Waals surface area (Å²) in [5.74, 6) is 0.00568. The second-order valence-corrected chi connectivity index (χ2v) is 4.46. The Labute approximate surface area is 125 Å². The van der Waals surface area contributed by atoms with E-state index in [1.54, 1.807) is 24.3 Å². The largest absolute Gasteiger partial charge is 0.492 e. The van der Waals surface area contributed by atoms with Crippen LogP contribution >= 0.6 is 0 Å². The number of rotatable bonds is 4. The molecule has 0 heterocycles. The Balaban J connectivity index is 2.16. The fourth-order valence-corrected chi connectivity index (χ4v) is 1.86. The van der Waals surface area contributed by atoms with E-state index in [0.717, 1.165) is 24.3 Å². The molecule has 0 atom stereocenters. The number of halogens is 3. The van der Waals surface area contributed by atoms with Gasteiger partial charge in [-0.1, -0.05) is 12.1 Å². The number of alkyl halides is 3. The molecule has 3 nitrogen and oxygen atoms in total. The molecule has 0 saturated carbocycles. The molecule has 0 bridgehead atoms. The number of hydrogen-bond acceptors (Lipinski definition) is 2. The Morgan fingerprint density at radius 2 is 1.73 bits per heavy atom. The zero-order valence-electron chi connectivity index (χ0n) is 11.8. The standard InChI is InChI=1S/C16H14F3NO2/c1-2-22-14-6-4-3-5-13(14)20-15(21)11-7-9-12(10-8-11)16(17,18)19/h3-10H,2H2,1H3,(H,20,21). The highest BCUT2D eigenvalue weighted by molar-refractivity contribution is 6.05. The molecule has 0 saturated heterocycles. The molecule has 116 valence electrons. The van der Waals surface area contributed by atoms with Crippen LogP contribution in [0.1, 0.15) is 22.8 Å². The van der Waals surface area contributed by atoms with Crippen LogP contribution in [0.5, 0.6) is 5.75 Å². The first-order valence-corrected chi connectivity index (χ1v) is 6.62. The number of carbonyl (C=O) groups excluding carboxylic acids is 1. The van der Waals surface area contributed by atoms with Crippen LogP contribution < -0.4 is 10.1 Å². The van der Waals surface area contributed by atoms with Gasteiger partial charge in [0.1, 0.15) is 5.75 Å². The Bertz CT molecular complexity index is 651. The molecule has 0 unspecified atom stereocenters. The van der Waals surface area contributed by atoms with Crippen molar-refractivity contribution in [3.05, 3.63) is 59.7 Å². The van der Waals surface area contributed by atoms with Gasteiger partial charge in [0, 0.05) is 5.56 Å². The number of carbonyl (C=O) groups is 1. The Hall–Kier alpha value is -2.50. The summed E-state index contributed by atoms with van der Waals surface area (Å²) in [4.78, 5) is 12.1. The summed E-state index contributed by atoms with van der Waals surface area (Å²) in [6.07, 6.45) is -4.42. The number of para-hydroxylation sites is 2. The van der Waals surface area contributed by atoms with Gasteiger partial charge in [-0.3, -0.25) is 4.79 Å². The highest BCUT2D eigenvalue weighted by Gasteiger charge is 2.30. The maximum atomic E-state index is 12.5. The highest BCUT2D eigenvalue weighted by atomic mass is 19.4. The van der Waals surface area contributed by atoms with Crippen molar-refractivity contribution in [1.29, 1.82) is 0 Å². The first kappa shape index (κ1) is 15.9. The van der Waals surface area contributed by atoms with E-state index >= 15 is 0 Å². The smallest absolute Gasteiger partial charge is 0.416 e. The molecular formula is C16H14F3NO2. The number of anilines is 1. The third-order valence-corrected chi connectivity index (χ3v) is 2.91. The summed E-state index contributed by atoms with van der Waals surface area (Å²) in [7, 11) is 0. The van der Waals surface area contributed by atoms with Crippen LogP contribution in [0.15, 0.2) is 48.5 Å². The van der Waals surface area contributed by atoms with Gasteiger partial charge in [-0.15, -0.1) is 0 Å². The average Bonchev–Trinajstić information content (AvgIpc) is 2.49.